The fourth-order valence-electron chi connectivity index (χ4n) is 1.73. The Morgan fingerprint density at radius 3 is 2.53 bits per heavy atom. The van der Waals surface area contributed by atoms with Gasteiger partial charge in [0.05, 0.1) is 11.1 Å². The van der Waals surface area contributed by atoms with E-state index in [1.807, 2.05) is 12.1 Å². The van der Waals surface area contributed by atoms with Crippen LogP contribution in [0.1, 0.15) is 52.5 Å². The Morgan fingerprint density at radius 1 is 1.20 bits per heavy atom. The number of hydrogen-bond donors (Lipinski definition) is 1. The molecule has 2 amide bonds. The van der Waals surface area contributed by atoms with Gasteiger partial charge in [0.15, 0.2) is 0 Å². The molecule has 0 saturated carbocycles. The maximum absolute atomic E-state index is 11.4. The van der Waals surface area contributed by atoms with E-state index in [0.29, 0.717) is 17.0 Å². The Balaban J connectivity index is 2.47. The molecule has 1 atom stereocenters. The van der Waals surface area contributed by atoms with Gasteiger partial charge in [0.2, 0.25) is 0 Å². The lowest BCUT2D eigenvalue weighted by Crippen LogP contribution is -2.19. The van der Waals surface area contributed by atoms with Crippen molar-refractivity contribution >= 4 is 11.8 Å². The molecular formula is C12H13NO2. The van der Waals surface area contributed by atoms with Crippen molar-refractivity contribution in [3.05, 3.63) is 34.9 Å². The molecule has 1 aliphatic heterocycles. The van der Waals surface area contributed by atoms with Gasteiger partial charge in [0.25, 0.3) is 11.8 Å². The molecule has 78 valence electrons. The predicted molar refractivity (Wildman–Crippen MR) is 56.9 cm³/mol. The fraction of sp³-hybridized carbons (Fsp3) is 0.333. The zero-order valence-electron chi connectivity index (χ0n) is 8.83. The molecule has 15 heavy (non-hydrogen) atoms. The number of nitrogens with one attached hydrogen (secondary N) is 1. The van der Waals surface area contributed by atoms with Crippen molar-refractivity contribution in [2.75, 3.05) is 0 Å². The summed E-state index contributed by atoms with van der Waals surface area (Å²) in [7, 11) is 0. The quantitative estimate of drug-likeness (QED) is 0.748. The van der Waals surface area contributed by atoms with E-state index in [9.17, 15) is 9.59 Å². The summed E-state index contributed by atoms with van der Waals surface area (Å²) in [5, 5.41) is 2.29. The molecular weight excluding hydrogens is 190 g/mol. The van der Waals surface area contributed by atoms with Crippen molar-refractivity contribution in [3.8, 4) is 0 Å². The zero-order chi connectivity index (χ0) is 11.0. The number of amides is 2. The second-order valence-corrected chi connectivity index (χ2v) is 3.90. The van der Waals surface area contributed by atoms with Gasteiger partial charge in [0, 0.05) is 0 Å². The van der Waals surface area contributed by atoms with Gasteiger partial charge in [-0.3, -0.25) is 14.9 Å². The van der Waals surface area contributed by atoms with Gasteiger partial charge in [-0.05, 0) is 30.0 Å². The normalized spacial score (nSPS) is 16.1. The first-order valence-electron chi connectivity index (χ1n) is 5.13. The molecule has 1 N–H and O–H groups in total. The zero-order valence-corrected chi connectivity index (χ0v) is 8.83. The Hall–Kier alpha value is -1.64. The molecule has 1 unspecified atom stereocenters. The number of hydrogen-bond acceptors (Lipinski definition) is 2. The molecule has 2 rings (SSSR count). The minimum Gasteiger partial charge on any atom is -0.288 e. The number of rotatable bonds is 2. The van der Waals surface area contributed by atoms with Gasteiger partial charge in [-0.2, -0.15) is 0 Å². The van der Waals surface area contributed by atoms with Gasteiger partial charge in [-0.25, -0.2) is 0 Å². The standard InChI is InChI=1S/C12H13NO2/c1-3-7(2)8-4-5-9-10(6-8)12(15)13-11(9)14/h4-7H,3H2,1-2H3,(H,13,14,15). The van der Waals surface area contributed by atoms with Gasteiger partial charge < -0.3 is 0 Å². The van der Waals surface area contributed by atoms with Gasteiger partial charge in [-0.15, -0.1) is 0 Å². The molecule has 0 bridgehead atoms. The van der Waals surface area contributed by atoms with Crippen molar-refractivity contribution in [2.45, 2.75) is 26.2 Å². The van der Waals surface area contributed by atoms with Crippen molar-refractivity contribution in [1.29, 1.82) is 0 Å². The van der Waals surface area contributed by atoms with Crippen molar-refractivity contribution < 1.29 is 9.59 Å². The molecule has 1 heterocycles. The fourth-order valence-corrected chi connectivity index (χ4v) is 1.73. The minimum atomic E-state index is -0.286. The lowest BCUT2D eigenvalue weighted by atomic mass is 9.95. The first kappa shape index (κ1) is 9.90. The summed E-state index contributed by atoms with van der Waals surface area (Å²) in [6.45, 7) is 4.21. The molecule has 0 aromatic heterocycles. The Kier molecular flexibility index (Phi) is 2.31. The van der Waals surface area contributed by atoms with Crippen LogP contribution in [0.3, 0.4) is 0 Å². The van der Waals surface area contributed by atoms with Crippen molar-refractivity contribution in [1.82, 2.24) is 5.32 Å². The van der Waals surface area contributed by atoms with Crippen molar-refractivity contribution in [2.24, 2.45) is 0 Å². The van der Waals surface area contributed by atoms with E-state index in [0.717, 1.165) is 12.0 Å². The number of fused-ring (bicyclic) bond motifs is 1. The molecule has 0 spiro atoms. The summed E-state index contributed by atoms with van der Waals surface area (Å²) in [6, 6.07) is 5.48. The summed E-state index contributed by atoms with van der Waals surface area (Å²) in [6.07, 6.45) is 1.02. The monoisotopic (exact) mass is 203 g/mol. The van der Waals surface area contributed by atoms with Crippen LogP contribution in [-0.2, 0) is 0 Å². The lowest BCUT2D eigenvalue weighted by Gasteiger charge is -2.09. The third-order valence-corrected chi connectivity index (χ3v) is 2.94. The Bertz CT molecular complexity index is 437. The molecule has 3 heteroatoms. The van der Waals surface area contributed by atoms with Gasteiger partial charge in [0.1, 0.15) is 0 Å². The summed E-state index contributed by atoms with van der Waals surface area (Å²) >= 11 is 0. The molecule has 3 nitrogen and oxygen atoms in total. The van der Waals surface area contributed by atoms with Crippen molar-refractivity contribution in [3.63, 3.8) is 0 Å². The van der Waals surface area contributed by atoms with E-state index in [-0.39, 0.29) is 11.8 Å². The van der Waals surface area contributed by atoms with E-state index in [2.05, 4.69) is 19.2 Å². The summed E-state index contributed by atoms with van der Waals surface area (Å²) in [5.41, 5.74) is 2.12. The van der Waals surface area contributed by atoms with Gasteiger partial charge >= 0.3 is 0 Å². The maximum atomic E-state index is 11.4. The average molecular weight is 203 g/mol. The van der Waals surface area contributed by atoms with Crippen LogP contribution in [-0.4, -0.2) is 11.8 Å². The topological polar surface area (TPSA) is 46.2 Å². The molecule has 0 radical (unpaired) electrons. The van der Waals surface area contributed by atoms with Crippen LogP contribution >= 0.6 is 0 Å². The van der Waals surface area contributed by atoms with E-state index in [1.165, 1.54) is 0 Å². The maximum Gasteiger partial charge on any atom is 0.258 e. The first-order chi connectivity index (χ1) is 7.13. The lowest BCUT2D eigenvalue weighted by molar-refractivity contribution is 0.0879. The first-order valence-corrected chi connectivity index (χ1v) is 5.13. The van der Waals surface area contributed by atoms with Crippen LogP contribution < -0.4 is 5.32 Å². The number of carbonyl (C=O) groups excluding carboxylic acids is 2. The second-order valence-electron chi connectivity index (χ2n) is 3.90. The summed E-state index contributed by atoms with van der Waals surface area (Å²) in [4.78, 5) is 22.7. The van der Waals surface area contributed by atoms with E-state index in [4.69, 9.17) is 0 Å². The van der Waals surface area contributed by atoms with Crippen LogP contribution in [0.25, 0.3) is 0 Å². The number of benzene rings is 1. The molecule has 1 aromatic rings. The Morgan fingerprint density at radius 2 is 1.87 bits per heavy atom. The third-order valence-electron chi connectivity index (χ3n) is 2.94. The predicted octanol–water partition coefficient (Wildman–Crippen LogP) is 2.08. The highest BCUT2D eigenvalue weighted by molar-refractivity contribution is 6.21. The smallest absolute Gasteiger partial charge is 0.258 e. The molecule has 0 fully saturated rings. The van der Waals surface area contributed by atoms with Crippen LogP contribution in [0.15, 0.2) is 18.2 Å². The van der Waals surface area contributed by atoms with Crippen LogP contribution in [0, 0.1) is 0 Å². The van der Waals surface area contributed by atoms with E-state index < -0.39 is 0 Å². The second kappa shape index (κ2) is 3.50. The number of imide groups is 1. The van der Waals surface area contributed by atoms with E-state index in [1.54, 1.807) is 6.07 Å². The average Bonchev–Trinajstić information content (AvgIpc) is 2.53. The van der Waals surface area contributed by atoms with Crippen LogP contribution in [0.2, 0.25) is 0 Å². The minimum absolute atomic E-state index is 0.278. The molecule has 1 aliphatic rings. The molecule has 1 aromatic carbocycles. The summed E-state index contributed by atoms with van der Waals surface area (Å²) in [5.74, 6) is -0.148. The highest BCUT2D eigenvalue weighted by atomic mass is 16.2. The van der Waals surface area contributed by atoms with Crippen LogP contribution in [0.5, 0.6) is 0 Å². The third kappa shape index (κ3) is 1.54. The highest BCUT2D eigenvalue weighted by Gasteiger charge is 2.26. The molecule has 0 aliphatic carbocycles. The number of carbonyl (C=O) groups is 2. The van der Waals surface area contributed by atoms with Crippen LogP contribution in [0.4, 0.5) is 0 Å². The van der Waals surface area contributed by atoms with E-state index >= 15 is 0 Å². The highest BCUT2D eigenvalue weighted by Crippen LogP contribution is 2.24. The largest absolute Gasteiger partial charge is 0.288 e. The molecule has 0 saturated heterocycles. The SMILES string of the molecule is CCC(C)c1ccc2c(c1)C(=O)NC2=O. The van der Waals surface area contributed by atoms with Gasteiger partial charge in [-0.1, -0.05) is 19.9 Å². The summed E-state index contributed by atoms with van der Waals surface area (Å²) < 4.78 is 0. The Labute approximate surface area is 88.5 Å².